The summed E-state index contributed by atoms with van der Waals surface area (Å²) in [7, 11) is 0. The average Bonchev–Trinajstić information content (AvgIpc) is 2.51. The predicted octanol–water partition coefficient (Wildman–Crippen LogP) is 3.56. The van der Waals surface area contributed by atoms with E-state index in [4.69, 9.17) is 9.47 Å². The first-order valence-electron chi connectivity index (χ1n) is 7.79. The second-order valence-electron chi connectivity index (χ2n) is 5.98. The van der Waals surface area contributed by atoms with E-state index in [1.807, 2.05) is 32.0 Å². The highest BCUT2D eigenvalue weighted by Crippen LogP contribution is 2.31. The van der Waals surface area contributed by atoms with Crippen molar-refractivity contribution in [3.63, 3.8) is 0 Å². The number of benzene rings is 2. The molecule has 0 aromatic heterocycles. The third-order valence-corrected chi connectivity index (χ3v) is 3.91. The van der Waals surface area contributed by atoms with E-state index in [-0.39, 0.29) is 5.91 Å². The van der Waals surface area contributed by atoms with Crippen molar-refractivity contribution in [3.8, 4) is 11.5 Å². The molecule has 3 rings (SSSR count). The number of rotatable bonds is 3. The molecule has 1 heterocycles. The van der Waals surface area contributed by atoms with E-state index in [1.54, 1.807) is 0 Å². The lowest BCUT2D eigenvalue weighted by atomic mass is 10.0. The molecule has 0 fully saturated rings. The maximum atomic E-state index is 12.4. The normalized spacial score (nSPS) is 12.8. The molecule has 1 N–H and O–H groups in total. The Balaban J connectivity index is 1.73. The summed E-state index contributed by atoms with van der Waals surface area (Å²) in [6.45, 7) is 7.20. The van der Waals surface area contributed by atoms with Crippen LogP contribution in [-0.4, -0.2) is 19.1 Å². The number of carbonyl (C=O) groups excluding carboxylic acids is 1. The van der Waals surface area contributed by atoms with Crippen molar-refractivity contribution in [2.45, 2.75) is 27.2 Å². The molecule has 4 heteroatoms. The minimum atomic E-state index is -0.0308. The van der Waals surface area contributed by atoms with Gasteiger partial charge in [0.15, 0.2) is 11.5 Å². The predicted molar refractivity (Wildman–Crippen MR) is 90.4 cm³/mol. The van der Waals surface area contributed by atoms with Crippen LogP contribution in [0.2, 0.25) is 0 Å². The zero-order valence-corrected chi connectivity index (χ0v) is 13.7. The largest absolute Gasteiger partial charge is 0.486 e. The molecule has 0 spiro atoms. The lowest BCUT2D eigenvalue weighted by molar-refractivity contribution is -0.115. The Hall–Kier alpha value is -2.49. The summed E-state index contributed by atoms with van der Waals surface area (Å²) < 4.78 is 11.1. The van der Waals surface area contributed by atoms with Gasteiger partial charge in [0.05, 0.1) is 6.42 Å². The summed E-state index contributed by atoms with van der Waals surface area (Å²) in [5, 5.41) is 3.02. The molecule has 2 aromatic carbocycles. The van der Waals surface area contributed by atoms with Gasteiger partial charge in [-0.1, -0.05) is 23.8 Å². The van der Waals surface area contributed by atoms with Crippen LogP contribution in [0.4, 0.5) is 5.69 Å². The Kier molecular flexibility index (Phi) is 4.24. The van der Waals surface area contributed by atoms with E-state index in [9.17, 15) is 4.79 Å². The molecule has 2 aromatic rings. The monoisotopic (exact) mass is 311 g/mol. The fourth-order valence-electron chi connectivity index (χ4n) is 2.94. The summed E-state index contributed by atoms with van der Waals surface area (Å²) in [4.78, 5) is 12.4. The minimum Gasteiger partial charge on any atom is -0.486 e. The number of fused-ring (bicyclic) bond motifs is 1. The third-order valence-electron chi connectivity index (χ3n) is 3.91. The molecular formula is C19H21NO3. The van der Waals surface area contributed by atoms with Gasteiger partial charge in [-0.3, -0.25) is 4.79 Å². The van der Waals surface area contributed by atoms with Gasteiger partial charge in [-0.05, 0) is 49.6 Å². The van der Waals surface area contributed by atoms with Gasteiger partial charge in [0.1, 0.15) is 13.2 Å². The number of ether oxygens (including phenoxy) is 2. The summed E-state index contributed by atoms with van der Waals surface area (Å²) in [6, 6.07) is 9.80. The Morgan fingerprint density at radius 1 is 1.00 bits per heavy atom. The van der Waals surface area contributed by atoms with Crippen LogP contribution in [0.5, 0.6) is 11.5 Å². The first-order valence-corrected chi connectivity index (χ1v) is 7.79. The quantitative estimate of drug-likeness (QED) is 0.943. The van der Waals surface area contributed by atoms with E-state index < -0.39 is 0 Å². The van der Waals surface area contributed by atoms with E-state index in [1.165, 1.54) is 5.56 Å². The maximum Gasteiger partial charge on any atom is 0.228 e. The zero-order valence-electron chi connectivity index (χ0n) is 13.7. The van der Waals surface area contributed by atoms with Crippen LogP contribution in [0.25, 0.3) is 0 Å². The summed E-state index contributed by atoms with van der Waals surface area (Å²) in [5.41, 5.74) is 5.17. The van der Waals surface area contributed by atoms with Crippen molar-refractivity contribution < 1.29 is 14.3 Å². The number of anilines is 1. The van der Waals surface area contributed by atoms with Crippen LogP contribution in [0.15, 0.2) is 30.3 Å². The van der Waals surface area contributed by atoms with E-state index >= 15 is 0 Å². The smallest absolute Gasteiger partial charge is 0.228 e. The fraction of sp³-hybridized carbons (Fsp3) is 0.316. The Bertz CT molecular complexity index is 729. The van der Waals surface area contributed by atoms with Crippen LogP contribution in [-0.2, 0) is 11.2 Å². The van der Waals surface area contributed by atoms with Crippen molar-refractivity contribution in [1.29, 1.82) is 0 Å². The molecule has 0 saturated carbocycles. The van der Waals surface area contributed by atoms with Crippen LogP contribution >= 0.6 is 0 Å². The van der Waals surface area contributed by atoms with Crippen LogP contribution < -0.4 is 14.8 Å². The van der Waals surface area contributed by atoms with Crippen molar-refractivity contribution in [1.82, 2.24) is 0 Å². The van der Waals surface area contributed by atoms with E-state index in [2.05, 4.69) is 24.4 Å². The lowest BCUT2D eigenvalue weighted by Gasteiger charge is -2.19. The number of hydrogen-bond donors (Lipinski definition) is 1. The van der Waals surface area contributed by atoms with Gasteiger partial charge < -0.3 is 14.8 Å². The van der Waals surface area contributed by atoms with Crippen LogP contribution in [0, 0.1) is 20.8 Å². The van der Waals surface area contributed by atoms with Crippen molar-refractivity contribution in [2.24, 2.45) is 0 Å². The van der Waals surface area contributed by atoms with Crippen molar-refractivity contribution in [2.75, 3.05) is 18.5 Å². The molecule has 23 heavy (non-hydrogen) atoms. The van der Waals surface area contributed by atoms with Gasteiger partial charge >= 0.3 is 0 Å². The second kappa shape index (κ2) is 6.32. The number of nitrogens with one attached hydrogen (secondary N) is 1. The molecular weight excluding hydrogens is 290 g/mol. The standard InChI is InChI=1S/C19H21NO3/c1-12-8-13(2)19(14(3)9-12)20-18(21)11-15-4-5-16-17(10-15)23-7-6-22-16/h4-5,8-10H,6-7,11H2,1-3H3,(H,20,21). The molecule has 120 valence electrons. The van der Waals surface area contributed by atoms with Gasteiger partial charge in [-0.15, -0.1) is 0 Å². The summed E-state index contributed by atoms with van der Waals surface area (Å²) in [5.74, 6) is 1.42. The molecule has 1 aliphatic rings. The molecule has 0 unspecified atom stereocenters. The Morgan fingerprint density at radius 2 is 1.65 bits per heavy atom. The van der Waals surface area contributed by atoms with Crippen LogP contribution in [0.3, 0.4) is 0 Å². The van der Waals surface area contributed by atoms with Gasteiger partial charge in [-0.25, -0.2) is 0 Å². The molecule has 0 saturated heterocycles. The van der Waals surface area contributed by atoms with E-state index in [0.717, 1.165) is 28.1 Å². The molecule has 1 amide bonds. The average molecular weight is 311 g/mol. The fourth-order valence-corrected chi connectivity index (χ4v) is 2.94. The highest BCUT2D eigenvalue weighted by atomic mass is 16.6. The molecule has 0 radical (unpaired) electrons. The first-order chi connectivity index (χ1) is 11.0. The molecule has 4 nitrogen and oxygen atoms in total. The SMILES string of the molecule is Cc1cc(C)c(NC(=O)Cc2ccc3c(c2)OCCO3)c(C)c1. The summed E-state index contributed by atoms with van der Waals surface area (Å²) in [6.07, 6.45) is 0.309. The molecule has 0 atom stereocenters. The topological polar surface area (TPSA) is 47.6 Å². The number of aryl methyl sites for hydroxylation is 3. The maximum absolute atomic E-state index is 12.4. The third kappa shape index (κ3) is 3.47. The molecule has 0 aliphatic carbocycles. The molecule has 1 aliphatic heterocycles. The number of hydrogen-bond acceptors (Lipinski definition) is 3. The lowest BCUT2D eigenvalue weighted by Crippen LogP contribution is -2.18. The molecule has 0 bridgehead atoms. The Labute approximate surface area is 136 Å². The second-order valence-corrected chi connectivity index (χ2v) is 5.98. The summed E-state index contributed by atoms with van der Waals surface area (Å²) >= 11 is 0. The van der Waals surface area contributed by atoms with Crippen molar-refractivity contribution >= 4 is 11.6 Å². The first kappa shape index (κ1) is 15.4. The minimum absolute atomic E-state index is 0.0308. The van der Waals surface area contributed by atoms with E-state index in [0.29, 0.717) is 25.4 Å². The highest BCUT2D eigenvalue weighted by molar-refractivity contribution is 5.93. The highest BCUT2D eigenvalue weighted by Gasteiger charge is 2.14. The van der Waals surface area contributed by atoms with Gasteiger partial charge in [0.2, 0.25) is 5.91 Å². The Morgan fingerprint density at radius 3 is 2.35 bits per heavy atom. The number of amides is 1. The van der Waals surface area contributed by atoms with Gasteiger partial charge in [-0.2, -0.15) is 0 Å². The van der Waals surface area contributed by atoms with Gasteiger partial charge in [0, 0.05) is 5.69 Å². The van der Waals surface area contributed by atoms with Crippen molar-refractivity contribution in [3.05, 3.63) is 52.6 Å². The van der Waals surface area contributed by atoms with Gasteiger partial charge in [0.25, 0.3) is 0 Å². The van der Waals surface area contributed by atoms with Crippen LogP contribution in [0.1, 0.15) is 22.3 Å². The number of carbonyl (C=O) groups is 1. The zero-order chi connectivity index (χ0) is 16.4.